The molecule has 1 rings (SSSR count). The first kappa shape index (κ1) is 10.5. The first-order valence-corrected chi connectivity index (χ1v) is 5.39. The highest BCUT2D eigenvalue weighted by Gasteiger charge is 2.11. The summed E-state index contributed by atoms with van der Waals surface area (Å²) in [5.74, 6) is -0.0168. The summed E-state index contributed by atoms with van der Waals surface area (Å²) in [5, 5.41) is 0. The van der Waals surface area contributed by atoms with Gasteiger partial charge in [-0.15, -0.1) is 0 Å². The maximum absolute atomic E-state index is 12.1. The minimum absolute atomic E-state index is 0.0168. The average Bonchev–Trinajstić information content (AvgIpc) is 1.94. The molecule has 72 valence electrons. The van der Waals surface area contributed by atoms with E-state index < -0.39 is 10.5 Å². The summed E-state index contributed by atoms with van der Waals surface area (Å²) in [4.78, 5) is 0. The summed E-state index contributed by atoms with van der Waals surface area (Å²) in [5.41, 5.74) is 0.546. The number of benzene rings is 1. The third-order valence-electron chi connectivity index (χ3n) is 1.34. The van der Waals surface area contributed by atoms with Crippen molar-refractivity contribution in [3.63, 3.8) is 0 Å². The number of hydrogen-bond donors (Lipinski definition) is 0. The van der Waals surface area contributed by atoms with Gasteiger partial charge >= 0.3 is 10.5 Å². The molecule has 0 N–H and O–H groups in total. The monoisotopic (exact) mass is 268 g/mol. The van der Waals surface area contributed by atoms with Crippen LogP contribution in [-0.4, -0.2) is 8.42 Å². The zero-order valence-electron chi connectivity index (χ0n) is 6.62. The summed E-state index contributed by atoms with van der Waals surface area (Å²) in [7, 11) is -4.94. The fraction of sp³-hybridized carbons (Fsp3) is 0.143. The molecular formula is C7H6BrFO3S. The van der Waals surface area contributed by atoms with Gasteiger partial charge in [-0.2, -0.15) is 8.42 Å². The van der Waals surface area contributed by atoms with Gasteiger partial charge in [-0.05, 0) is 24.6 Å². The molecular weight excluding hydrogens is 263 g/mol. The third kappa shape index (κ3) is 3.31. The van der Waals surface area contributed by atoms with Crippen molar-refractivity contribution in [1.82, 2.24) is 0 Å². The molecule has 0 radical (unpaired) electrons. The first-order valence-electron chi connectivity index (χ1n) is 3.29. The van der Waals surface area contributed by atoms with Gasteiger partial charge in [-0.3, -0.25) is 0 Å². The smallest absolute Gasteiger partial charge is 0.358 e. The topological polar surface area (TPSA) is 43.4 Å². The highest BCUT2D eigenvalue weighted by Crippen LogP contribution is 2.24. The minimum atomic E-state index is -4.94. The van der Waals surface area contributed by atoms with Crippen LogP contribution >= 0.6 is 15.9 Å². The minimum Gasteiger partial charge on any atom is -0.358 e. The van der Waals surface area contributed by atoms with E-state index in [4.69, 9.17) is 0 Å². The average molecular weight is 269 g/mol. The lowest BCUT2D eigenvalue weighted by Crippen LogP contribution is -2.02. The van der Waals surface area contributed by atoms with E-state index in [0.717, 1.165) is 0 Å². The van der Waals surface area contributed by atoms with Crippen molar-refractivity contribution in [3.05, 3.63) is 28.2 Å². The van der Waals surface area contributed by atoms with Crippen LogP contribution in [0.25, 0.3) is 0 Å². The van der Waals surface area contributed by atoms with Crippen LogP contribution in [0.1, 0.15) is 5.56 Å². The second-order valence-electron chi connectivity index (χ2n) is 2.39. The van der Waals surface area contributed by atoms with E-state index in [2.05, 4.69) is 20.1 Å². The molecule has 13 heavy (non-hydrogen) atoms. The van der Waals surface area contributed by atoms with Crippen molar-refractivity contribution in [1.29, 1.82) is 0 Å². The van der Waals surface area contributed by atoms with Gasteiger partial charge in [0.05, 0.1) is 0 Å². The third-order valence-corrected chi connectivity index (χ3v) is 2.21. The Balaban J connectivity index is 3.08. The Morgan fingerprint density at radius 1 is 1.46 bits per heavy atom. The molecule has 6 heteroatoms. The van der Waals surface area contributed by atoms with E-state index in [0.29, 0.717) is 10.0 Å². The molecule has 3 nitrogen and oxygen atoms in total. The number of hydrogen-bond acceptors (Lipinski definition) is 3. The lowest BCUT2D eigenvalue weighted by atomic mass is 10.2. The highest BCUT2D eigenvalue weighted by atomic mass is 79.9. The summed E-state index contributed by atoms with van der Waals surface area (Å²) in [6, 6.07) is 4.70. The van der Waals surface area contributed by atoms with Crippen molar-refractivity contribution in [2.45, 2.75) is 6.92 Å². The summed E-state index contributed by atoms with van der Waals surface area (Å²) >= 11 is 3.11. The lowest BCUT2D eigenvalue weighted by molar-refractivity contribution is 0.438. The predicted molar refractivity (Wildman–Crippen MR) is 49.5 cm³/mol. The zero-order chi connectivity index (χ0) is 10.1. The van der Waals surface area contributed by atoms with E-state index in [1.165, 1.54) is 6.07 Å². The van der Waals surface area contributed by atoms with Gasteiger partial charge in [0.25, 0.3) is 0 Å². The fourth-order valence-electron chi connectivity index (χ4n) is 0.771. The van der Waals surface area contributed by atoms with Crippen LogP contribution < -0.4 is 4.18 Å². The van der Waals surface area contributed by atoms with Gasteiger partial charge in [-0.25, -0.2) is 0 Å². The van der Waals surface area contributed by atoms with Gasteiger partial charge in [0.2, 0.25) is 0 Å². The van der Waals surface area contributed by atoms with E-state index in [9.17, 15) is 12.3 Å². The van der Waals surface area contributed by atoms with Crippen LogP contribution in [0.2, 0.25) is 0 Å². The Morgan fingerprint density at radius 2 is 2.08 bits per heavy atom. The van der Waals surface area contributed by atoms with Crippen LogP contribution in [0.5, 0.6) is 5.75 Å². The van der Waals surface area contributed by atoms with E-state index in [1.54, 1.807) is 19.1 Å². The van der Waals surface area contributed by atoms with Crippen LogP contribution in [0, 0.1) is 6.92 Å². The Kier molecular flexibility index (Phi) is 2.92. The second kappa shape index (κ2) is 3.63. The molecule has 0 heterocycles. The molecule has 0 aliphatic carbocycles. The van der Waals surface area contributed by atoms with Crippen molar-refractivity contribution in [2.24, 2.45) is 0 Å². The molecule has 0 saturated carbocycles. The Morgan fingerprint density at radius 3 is 2.62 bits per heavy atom. The highest BCUT2D eigenvalue weighted by molar-refractivity contribution is 9.10. The van der Waals surface area contributed by atoms with Gasteiger partial charge in [0.15, 0.2) is 0 Å². The molecule has 0 atom stereocenters. The van der Waals surface area contributed by atoms with Gasteiger partial charge < -0.3 is 4.18 Å². The van der Waals surface area contributed by atoms with Crippen LogP contribution in [-0.2, 0) is 10.5 Å². The molecule has 1 aromatic rings. The Hall–Kier alpha value is -0.620. The molecule has 0 aliphatic rings. The van der Waals surface area contributed by atoms with Crippen molar-refractivity contribution >= 4 is 26.4 Å². The number of halogens is 2. The van der Waals surface area contributed by atoms with E-state index in [-0.39, 0.29) is 5.75 Å². The quantitative estimate of drug-likeness (QED) is 0.774. The number of aryl methyl sites for hydroxylation is 1. The molecule has 0 fully saturated rings. The van der Waals surface area contributed by atoms with E-state index in [1.807, 2.05) is 0 Å². The summed E-state index contributed by atoms with van der Waals surface area (Å²) < 4.78 is 37.2. The summed E-state index contributed by atoms with van der Waals surface area (Å²) in [6.07, 6.45) is 0. The Bertz CT molecular complexity index is 416. The van der Waals surface area contributed by atoms with E-state index >= 15 is 0 Å². The molecule has 1 aromatic carbocycles. The number of rotatable bonds is 2. The van der Waals surface area contributed by atoms with Crippen LogP contribution in [0.4, 0.5) is 3.89 Å². The maximum Gasteiger partial charge on any atom is 0.488 e. The van der Waals surface area contributed by atoms with Gasteiger partial charge in [-0.1, -0.05) is 25.9 Å². The standard InChI is InChI=1S/C7H6BrFO3S/c1-5-2-3-6(8)4-7(5)12-13(9,10)11/h2-4H,1H3. The maximum atomic E-state index is 12.1. The largest absolute Gasteiger partial charge is 0.488 e. The van der Waals surface area contributed by atoms with Crippen LogP contribution in [0.3, 0.4) is 0 Å². The second-order valence-corrected chi connectivity index (χ2v) is 4.25. The first-order chi connectivity index (χ1) is 5.88. The van der Waals surface area contributed by atoms with Crippen LogP contribution in [0.15, 0.2) is 22.7 Å². The molecule has 0 bridgehead atoms. The molecule has 0 unspecified atom stereocenters. The SMILES string of the molecule is Cc1ccc(Br)cc1OS(=O)(=O)F. The van der Waals surface area contributed by atoms with Crippen molar-refractivity contribution in [2.75, 3.05) is 0 Å². The predicted octanol–water partition coefficient (Wildman–Crippen LogP) is 2.35. The van der Waals surface area contributed by atoms with Gasteiger partial charge in [0, 0.05) is 4.47 Å². The van der Waals surface area contributed by atoms with Crippen molar-refractivity contribution < 1.29 is 16.5 Å². The molecule has 0 aromatic heterocycles. The zero-order valence-corrected chi connectivity index (χ0v) is 9.02. The van der Waals surface area contributed by atoms with Gasteiger partial charge in [0.1, 0.15) is 5.75 Å². The molecule has 0 amide bonds. The Labute approximate surface area is 84.1 Å². The molecule has 0 spiro atoms. The molecule has 0 saturated heterocycles. The van der Waals surface area contributed by atoms with Crippen molar-refractivity contribution in [3.8, 4) is 5.75 Å². The lowest BCUT2D eigenvalue weighted by Gasteiger charge is -2.03. The molecule has 0 aliphatic heterocycles. The normalized spacial score (nSPS) is 11.3. The summed E-state index contributed by atoms with van der Waals surface area (Å²) in [6.45, 7) is 1.62. The fourth-order valence-corrected chi connectivity index (χ4v) is 1.51.